The van der Waals surface area contributed by atoms with E-state index in [0.29, 0.717) is 18.3 Å². The maximum Gasteiger partial charge on any atom is 0.512 e. The summed E-state index contributed by atoms with van der Waals surface area (Å²) in [6, 6.07) is 0. The van der Waals surface area contributed by atoms with Crippen molar-refractivity contribution in [2.75, 3.05) is 6.16 Å². The number of hydrogen-bond acceptors (Lipinski definition) is 4. The van der Waals surface area contributed by atoms with E-state index in [9.17, 15) is 43.2 Å². The minimum atomic E-state index is -6.68. The smallest absolute Gasteiger partial charge is 0.201 e. The molecule has 0 aliphatic heterocycles. The molecule has 0 N–H and O–H groups in total. The van der Waals surface area contributed by atoms with Gasteiger partial charge in [0.2, 0.25) is 0 Å². The van der Waals surface area contributed by atoms with Crippen molar-refractivity contribution in [1.82, 2.24) is 3.48 Å². The maximum atomic E-state index is 12.8. The molecule has 5 nitrogen and oxygen atoms in total. The minimum Gasteiger partial charge on any atom is -0.201 e. The van der Waals surface area contributed by atoms with E-state index < -0.39 is 49.4 Å². The zero-order valence-electron chi connectivity index (χ0n) is 24.3. The summed E-state index contributed by atoms with van der Waals surface area (Å²) in [5.74, 6) is 0. The van der Waals surface area contributed by atoms with Gasteiger partial charge < -0.3 is 0 Å². The summed E-state index contributed by atoms with van der Waals surface area (Å²) >= 11 is 0. The van der Waals surface area contributed by atoms with Gasteiger partial charge in [0, 0.05) is 0 Å². The first-order valence-corrected chi connectivity index (χ1v) is 18.7. The monoisotopic (exact) mass is 649 g/mol. The molecule has 0 heterocycles. The van der Waals surface area contributed by atoms with Crippen LogP contribution in [0.4, 0.5) is 26.3 Å². The van der Waals surface area contributed by atoms with Crippen LogP contribution in [0.3, 0.4) is 0 Å². The van der Waals surface area contributed by atoms with Crippen molar-refractivity contribution in [3.05, 3.63) is 0 Å². The van der Waals surface area contributed by atoms with E-state index in [0.717, 1.165) is 25.7 Å². The van der Waals surface area contributed by atoms with E-state index >= 15 is 0 Å². The molecule has 0 aliphatic rings. The quantitative estimate of drug-likeness (QED) is 0.0593. The van der Waals surface area contributed by atoms with Crippen molar-refractivity contribution in [2.45, 2.75) is 154 Å². The highest BCUT2D eigenvalue weighted by atomic mass is 32.3. The second kappa shape index (κ2) is 19.2. The number of sulfonamides is 2. The van der Waals surface area contributed by atoms with Crippen LogP contribution in [0.15, 0.2) is 0 Å². The minimum absolute atomic E-state index is 0.130. The molecule has 0 rings (SSSR count). The lowest BCUT2D eigenvalue weighted by Gasteiger charge is -2.35. The Hall–Kier alpha value is -0.130. The van der Waals surface area contributed by atoms with Gasteiger partial charge in [-0.15, -0.1) is 0 Å². The highest BCUT2D eigenvalue weighted by Crippen LogP contribution is 2.43. The fourth-order valence-electron chi connectivity index (χ4n) is 4.93. The van der Waals surface area contributed by atoms with E-state index in [-0.39, 0.29) is 6.42 Å². The lowest BCUT2D eigenvalue weighted by atomic mass is 9.71. The van der Waals surface area contributed by atoms with Crippen LogP contribution in [-0.4, -0.2) is 37.5 Å². The number of halogens is 6. The van der Waals surface area contributed by atoms with Gasteiger partial charge in [-0.2, -0.15) is 26.3 Å². The SMILES string of the molecule is CCCCC(CCCC)(CCCC)CCCCCCCCCCCPN(S(=O)(=O)C(F)(F)F)S(=O)(=O)C(F)(F)F. The fourth-order valence-corrected chi connectivity index (χ4v) is 9.96. The molecule has 1 atom stereocenters. The predicted molar refractivity (Wildman–Crippen MR) is 152 cm³/mol. The summed E-state index contributed by atoms with van der Waals surface area (Å²) in [5.41, 5.74) is -11.8. The average molecular weight is 650 g/mol. The van der Waals surface area contributed by atoms with Gasteiger partial charge in [0.25, 0.3) is 0 Å². The summed E-state index contributed by atoms with van der Waals surface area (Å²) in [4.78, 5) is 0. The first kappa shape index (κ1) is 39.9. The number of rotatable bonds is 24. The topological polar surface area (TPSA) is 71.5 Å². The van der Waals surface area contributed by atoms with Crippen LogP contribution < -0.4 is 0 Å². The third-order valence-corrected chi connectivity index (χ3v) is 13.6. The third kappa shape index (κ3) is 13.9. The molecule has 0 aliphatic carbocycles. The molecule has 0 radical (unpaired) electrons. The van der Waals surface area contributed by atoms with Gasteiger partial charge in [0.1, 0.15) is 0 Å². The predicted octanol–water partition coefficient (Wildman–Crippen LogP) is 10.0. The van der Waals surface area contributed by atoms with E-state index in [4.69, 9.17) is 0 Å². The molecule has 14 heteroatoms. The van der Waals surface area contributed by atoms with Crippen LogP contribution >= 0.6 is 8.73 Å². The van der Waals surface area contributed by atoms with Crippen molar-refractivity contribution in [3.63, 3.8) is 0 Å². The highest BCUT2D eigenvalue weighted by Gasteiger charge is 2.61. The maximum absolute atomic E-state index is 12.8. The Bertz CT molecular complexity index is 815. The molecule has 40 heavy (non-hydrogen) atoms. The molecule has 0 saturated carbocycles. The Kier molecular flexibility index (Phi) is 19.1. The van der Waals surface area contributed by atoms with Crippen molar-refractivity contribution >= 4 is 28.8 Å². The summed E-state index contributed by atoms with van der Waals surface area (Å²) in [6.45, 7) is 6.74. The number of alkyl halides is 6. The van der Waals surface area contributed by atoms with Crippen molar-refractivity contribution in [2.24, 2.45) is 5.41 Å². The molecule has 0 aromatic carbocycles. The Labute approximate surface area is 240 Å². The van der Waals surface area contributed by atoms with Crippen LogP contribution in [0, 0.1) is 5.41 Å². The first-order valence-electron chi connectivity index (χ1n) is 14.7. The zero-order chi connectivity index (χ0) is 30.9. The lowest BCUT2D eigenvalue weighted by molar-refractivity contribution is -0.0504. The number of nitrogens with zero attached hydrogens (tertiary/aromatic N) is 1. The van der Waals surface area contributed by atoms with Gasteiger partial charge >= 0.3 is 31.1 Å². The van der Waals surface area contributed by atoms with E-state index in [1.807, 2.05) is 0 Å². The molecule has 1 unspecified atom stereocenters. The standard InChI is InChI=1S/C26H50F6NO4PS2/c1-4-7-19-24(20-8-5-2,21-9-6-3)22-17-15-13-11-10-12-14-16-18-23-38-33(39(34,35)25(27,28)29)40(36,37)26(30,31)32/h38H,4-23H2,1-3H3. The average Bonchev–Trinajstić information content (AvgIpc) is 2.85. The second-order valence-electron chi connectivity index (χ2n) is 10.7. The largest absolute Gasteiger partial charge is 0.512 e. The third-order valence-electron chi connectivity index (χ3n) is 7.33. The van der Waals surface area contributed by atoms with Crippen LogP contribution in [0.2, 0.25) is 0 Å². The molecule has 242 valence electrons. The van der Waals surface area contributed by atoms with Crippen LogP contribution in [0.1, 0.15) is 143 Å². The Morgan fingerprint density at radius 1 is 0.500 bits per heavy atom. The highest BCUT2D eigenvalue weighted by molar-refractivity contribution is 8.09. The molecule has 0 saturated heterocycles. The van der Waals surface area contributed by atoms with Gasteiger partial charge in [-0.05, 0) is 52.4 Å². The molecular formula is C26H50F6NO4PS2. The van der Waals surface area contributed by atoms with Gasteiger partial charge in [-0.25, -0.2) is 16.8 Å². The molecule has 0 bridgehead atoms. The van der Waals surface area contributed by atoms with Crippen LogP contribution in [-0.2, 0) is 20.0 Å². The normalized spacial score (nSPS) is 14.2. The molecule has 0 aromatic rings. The Morgan fingerprint density at radius 2 is 0.800 bits per heavy atom. The summed E-state index contributed by atoms with van der Waals surface area (Å²) in [7, 11) is -15.1. The summed E-state index contributed by atoms with van der Waals surface area (Å²) in [5, 5.41) is 0. The van der Waals surface area contributed by atoms with Gasteiger partial charge in [0.15, 0.2) is 0 Å². The van der Waals surface area contributed by atoms with E-state index in [1.54, 1.807) is 0 Å². The van der Waals surface area contributed by atoms with Gasteiger partial charge in [-0.3, -0.25) is 0 Å². The molecule has 0 spiro atoms. The van der Waals surface area contributed by atoms with Crippen LogP contribution in [0.25, 0.3) is 0 Å². The van der Waals surface area contributed by atoms with Gasteiger partial charge in [0.05, 0.1) is 0 Å². The van der Waals surface area contributed by atoms with Crippen molar-refractivity contribution in [1.29, 1.82) is 0 Å². The zero-order valence-corrected chi connectivity index (χ0v) is 26.9. The summed E-state index contributed by atoms with van der Waals surface area (Å²) in [6.07, 6.45) is 20.0. The van der Waals surface area contributed by atoms with Gasteiger partial charge in [-0.1, -0.05) is 114 Å². The fraction of sp³-hybridized carbons (Fsp3) is 1.00. The Morgan fingerprint density at radius 3 is 1.12 bits per heavy atom. The van der Waals surface area contributed by atoms with Crippen molar-refractivity contribution < 1.29 is 43.2 Å². The second-order valence-corrected chi connectivity index (χ2v) is 16.4. The number of hydrogen-bond donors (Lipinski definition) is 0. The van der Waals surface area contributed by atoms with E-state index in [1.165, 1.54) is 77.0 Å². The first-order chi connectivity index (χ1) is 18.5. The summed E-state index contributed by atoms with van der Waals surface area (Å²) < 4.78 is 121. The van der Waals surface area contributed by atoms with Crippen LogP contribution in [0.5, 0.6) is 0 Å². The molecule has 0 aromatic heterocycles. The molecule has 0 fully saturated rings. The number of unbranched alkanes of at least 4 members (excludes halogenated alkanes) is 11. The van der Waals surface area contributed by atoms with E-state index in [2.05, 4.69) is 20.8 Å². The molecular weight excluding hydrogens is 599 g/mol. The Balaban J connectivity index is 4.45. The molecule has 0 amide bonds. The lowest BCUT2D eigenvalue weighted by Crippen LogP contribution is -2.45. The van der Waals surface area contributed by atoms with Crippen molar-refractivity contribution in [3.8, 4) is 0 Å².